The van der Waals surface area contributed by atoms with Crippen LogP contribution in [0, 0.1) is 0 Å². The summed E-state index contributed by atoms with van der Waals surface area (Å²) in [5.41, 5.74) is 3.02. The Morgan fingerprint density at radius 2 is 1.36 bits per heavy atom. The Balaban J connectivity index is 2.52. The second-order valence-electron chi connectivity index (χ2n) is 6.08. The summed E-state index contributed by atoms with van der Waals surface area (Å²) in [4.78, 5) is 12.6. The summed E-state index contributed by atoms with van der Waals surface area (Å²) >= 11 is 0. The average molecular weight is 297 g/mol. The Morgan fingerprint density at radius 3 is 1.82 bits per heavy atom. The minimum Gasteiger partial charge on any atom is -0.281 e. The highest BCUT2D eigenvalue weighted by Crippen LogP contribution is 2.35. The van der Waals surface area contributed by atoms with E-state index in [9.17, 15) is 10.0 Å². The highest BCUT2D eigenvalue weighted by molar-refractivity contribution is 6.05. The molecule has 2 rings (SSSR count). The van der Waals surface area contributed by atoms with Crippen molar-refractivity contribution in [3.05, 3.63) is 65.2 Å². The molecule has 0 heterocycles. The molecule has 0 aliphatic rings. The molecule has 0 saturated carbocycles. The maximum absolute atomic E-state index is 12.6. The first kappa shape index (κ1) is 16.2. The predicted molar refractivity (Wildman–Crippen MR) is 89.7 cm³/mol. The lowest BCUT2D eigenvalue weighted by molar-refractivity contribution is 0.0853. The molecule has 2 aromatic rings. The van der Waals surface area contributed by atoms with Crippen molar-refractivity contribution >= 4 is 11.6 Å². The molecule has 0 aromatic heterocycles. The summed E-state index contributed by atoms with van der Waals surface area (Å²) in [6.07, 6.45) is 0. The standard InChI is InChI=1S/C19H23NO2/c1-13(2)16-11-8-12-17(14(3)4)18(16)20(22)19(21)15-9-6-5-7-10-15/h5-14,22H,1-4H3. The van der Waals surface area contributed by atoms with Gasteiger partial charge in [0.05, 0.1) is 5.69 Å². The molecule has 0 spiro atoms. The molecular weight excluding hydrogens is 274 g/mol. The van der Waals surface area contributed by atoms with E-state index in [4.69, 9.17) is 0 Å². The molecule has 1 N–H and O–H groups in total. The predicted octanol–water partition coefficient (Wildman–Crippen LogP) is 4.97. The van der Waals surface area contributed by atoms with Gasteiger partial charge in [-0.15, -0.1) is 0 Å². The number of hydrogen-bond acceptors (Lipinski definition) is 2. The number of carbonyl (C=O) groups is 1. The number of para-hydroxylation sites is 1. The van der Waals surface area contributed by atoms with Crippen LogP contribution in [0.5, 0.6) is 0 Å². The van der Waals surface area contributed by atoms with E-state index in [1.54, 1.807) is 24.3 Å². The van der Waals surface area contributed by atoms with Crippen molar-refractivity contribution < 1.29 is 10.0 Å². The van der Waals surface area contributed by atoms with Gasteiger partial charge in [0.15, 0.2) is 0 Å². The number of carbonyl (C=O) groups excluding carboxylic acids is 1. The lowest BCUT2D eigenvalue weighted by Gasteiger charge is -2.25. The van der Waals surface area contributed by atoms with E-state index in [1.807, 2.05) is 24.3 Å². The van der Waals surface area contributed by atoms with Gasteiger partial charge in [0, 0.05) is 5.56 Å². The van der Waals surface area contributed by atoms with Gasteiger partial charge in [-0.25, -0.2) is 0 Å². The maximum atomic E-state index is 12.6. The highest BCUT2D eigenvalue weighted by atomic mass is 16.5. The second-order valence-corrected chi connectivity index (χ2v) is 6.08. The fraction of sp³-hybridized carbons (Fsp3) is 0.316. The Morgan fingerprint density at radius 1 is 0.864 bits per heavy atom. The summed E-state index contributed by atoms with van der Waals surface area (Å²) in [6.45, 7) is 8.24. The summed E-state index contributed by atoms with van der Waals surface area (Å²) in [5, 5.41) is 11.4. The molecule has 3 nitrogen and oxygen atoms in total. The fourth-order valence-electron chi connectivity index (χ4n) is 2.56. The third kappa shape index (κ3) is 3.20. The molecule has 0 radical (unpaired) electrons. The van der Waals surface area contributed by atoms with E-state index in [0.29, 0.717) is 11.3 Å². The van der Waals surface area contributed by atoms with Gasteiger partial charge in [-0.2, -0.15) is 5.06 Å². The summed E-state index contributed by atoms with van der Waals surface area (Å²) in [7, 11) is 0. The van der Waals surface area contributed by atoms with E-state index in [0.717, 1.165) is 16.2 Å². The Kier molecular flexibility index (Phi) is 4.99. The van der Waals surface area contributed by atoms with Gasteiger partial charge < -0.3 is 0 Å². The van der Waals surface area contributed by atoms with Gasteiger partial charge in [0.2, 0.25) is 0 Å². The summed E-state index contributed by atoms with van der Waals surface area (Å²) in [6, 6.07) is 14.8. The van der Waals surface area contributed by atoms with Gasteiger partial charge in [-0.05, 0) is 35.1 Å². The largest absolute Gasteiger partial charge is 0.282 e. The van der Waals surface area contributed by atoms with Gasteiger partial charge in [0.1, 0.15) is 0 Å². The molecule has 0 atom stereocenters. The zero-order valence-corrected chi connectivity index (χ0v) is 13.6. The van der Waals surface area contributed by atoms with Gasteiger partial charge in [-0.3, -0.25) is 10.0 Å². The molecular formula is C19H23NO2. The van der Waals surface area contributed by atoms with Gasteiger partial charge in [0.25, 0.3) is 5.91 Å². The fourth-order valence-corrected chi connectivity index (χ4v) is 2.56. The van der Waals surface area contributed by atoms with Crippen molar-refractivity contribution in [3.63, 3.8) is 0 Å². The molecule has 0 aliphatic carbocycles. The van der Waals surface area contributed by atoms with E-state index >= 15 is 0 Å². The van der Waals surface area contributed by atoms with Crippen molar-refractivity contribution in [3.8, 4) is 0 Å². The van der Waals surface area contributed by atoms with Crippen molar-refractivity contribution in [2.24, 2.45) is 0 Å². The molecule has 1 amide bonds. The summed E-state index contributed by atoms with van der Waals surface area (Å²) < 4.78 is 0. The smallest absolute Gasteiger partial charge is 0.281 e. The number of nitrogens with zero attached hydrogens (tertiary/aromatic N) is 1. The highest BCUT2D eigenvalue weighted by Gasteiger charge is 2.23. The first-order valence-corrected chi connectivity index (χ1v) is 7.64. The van der Waals surface area contributed by atoms with Crippen molar-refractivity contribution in [2.45, 2.75) is 39.5 Å². The number of anilines is 1. The molecule has 116 valence electrons. The molecule has 22 heavy (non-hydrogen) atoms. The van der Waals surface area contributed by atoms with Crippen LogP contribution in [0.3, 0.4) is 0 Å². The Labute approximate surface area is 132 Å². The second kappa shape index (κ2) is 6.75. The number of benzene rings is 2. The zero-order chi connectivity index (χ0) is 16.3. The maximum Gasteiger partial charge on any atom is 0.282 e. The number of amides is 1. The van der Waals surface area contributed by atoms with Gasteiger partial charge >= 0.3 is 0 Å². The number of hydrogen-bond donors (Lipinski definition) is 1. The van der Waals surface area contributed by atoms with E-state index in [2.05, 4.69) is 27.7 Å². The van der Waals surface area contributed by atoms with Crippen LogP contribution < -0.4 is 5.06 Å². The van der Waals surface area contributed by atoms with Crippen LogP contribution in [-0.2, 0) is 0 Å². The van der Waals surface area contributed by atoms with E-state index < -0.39 is 5.91 Å². The monoisotopic (exact) mass is 297 g/mol. The van der Waals surface area contributed by atoms with Crippen LogP contribution in [0.2, 0.25) is 0 Å². The lowest BCUT2D eigenvalue weighted by atomic mass is 9.92. The molecule has 0 unspecified atom stereocenters. The number of rotatable bonds is 4. The normalized spacial score (nSPS) is 11.0. The molecule has 3 heteroatoms. The first-order valence-electron chi connectivity index (χ1n) is 7.64. The van der Waals surface area contributed by atoms with Gasteiger partial charge in [-0.1, -0.05) is 64.1 Å². The molecule has 0 saturated heterocycles. The van der Waals surface area contributed by atoms with E-state index in [-0.39, 0.29) is 11.8 Å². The van der Waals surface area contributed by atoms with Crippen LogP contribution in [-0.4, -0.2) is 11.1 Å². The van der Waals surface area contributed by atoms with Crippen LogP contribution in [0.25, 0.3) is 0 Å². The van der Waals surface area contributed by atoms with Crippen molar-refractivity contribution in [1.29, 1.82) is 0 Å². The molecule has 2 aromatic carbocycles. The lowest BCUT2D eigenvalue weighted by Crippen LogP contribution is -2.29. The minimum absolute atomic E-state index is 0.215. The van der Waals surface area contributed by atoms with Crippen LogP contribution >= 0.6 is 0 Å². The zero-order valence-electron chi connectivity index (χ0n) is 13.6. The third-order valence-corrected chi connectivity index (χ3v) is 3.77. The Bertz CT molecular complexity index is 621. The SMILES string of the molecule is CC(C)c1cccc(C(C)C)c1N(O)C(=O)c1ccccc1. The third-order valence-electron chi connectivity index (χ3n) is 3.77. The Hall–Kier alpha value is -2.13. The molecule has 0 aliphatic heterocycles. The summed E-state index contributed by atoms with van der Waals surface area (Å²) in [5.74, 6) is 0.0226. The van der Waals surface area contributed by atoms with Crippen LogP contribution in [0.15, 0.2) is 48.5 Å². The topological polar surface area (TPSA) is 40.5 Å². The average Bonchev–Trinajstić information content (AvgIpc) is 2.53. The molecule has 0 fully saturated rings. The minimum atomic E-state index is -0.407. The van der Waals surface area contributed by atoms with E-state index in [1.165, 1.54) is 0 Å². The van der Waals surface area contributed by atoms with Crippen molar-refractivity contribution in [2.75, 3.05) is 5.06 Å². The molecule has 0 bridgehead atoms. The van der Waals surface area contributed by atoms with Crippen LogP contribution in [0.1, 0.15) is 61.0 Å². The number of hydroxylamine groups is 1. The van der Waals surface area contributed by atoms with Crippen LogP contribution in [0.4, 0.5) is 5.69 Å². The first-order chi connectivity index (χ1) is 10.4. The quantitative estimate of drug-likeness (QED) is 0.639. The van der Waals surface area contributed by atoms with Crippen molar-refractivity contribution in [1.82, 2.24) is 0 Å².